The van der Waals surface area contributed by atoms with Gasteiger partial charge < -0.3 is 10.1 Å². The standard InChI is InChI=1S/C17H17FN2O/c1-12(15-8-3-4-9-16(15)21-2)20-11-14-7-5-6-13(10-19)17(14)18/h3-9,12,20H,11H2,1-2H3/t12-/m1/s1. The maximum Gasteiger partial charge on any atom is 0.145 e. The molecule has 0 heterocycles. The number of nitriles is 1. The summed E-state index contributed by atoms with van der Waals surface area (Å²) < 4.78 is 19.3. The summed E-state index contributed by atoms with van der Waals surface area (Å²) in [6.45, 7) is 2.34. The van der Waals surface area contributed by atoms with Gasteiger partial charge in [-0.15, -0.1) is 0 Å². The normalized spacial score (nSPS) is 11.7. The molecule has 2 aromatic carbocycles. The van der Waals surface area contributed by atoms with Gasteiger partial charge in [0.2, 0.25) is 0 Å². The number of benzene rings is 2. The summed E-state index contributed by atoms with van der Waals surface area (Å²) in [6, 6.07) is 14.4. The summed E-state index contributed by atoms with van der Waals surface area (Å²) in [5.74, 6) is 0.337. The van der Waals surface area contributed by atoms with E-state index in [-0.39, 0.29) is 11.6 Å². The summed E-state index contributed by atoms with van der Waals surface area (Å²) in [5, 5.41) is 12.1. The van der Waals surface area contributed by atoms with Crippen LogP contribution in [0.15, 0.2) is 42.5 Å². The van der Waals surface area contributed by atoms with Crippen LogP contribution < -0.4 is 10.1 Å². The average molecular weight is 284 g/mol. The zero-order chi connectivity index (χ0) is 15.2. The van der Waals surface area contributed by atoms with Crippen molar-refractivity contribution in [3.05, 3.63) is 65.0 Å². The minimum atomic E-state index is -0.459. The lowest BCUT2D eigenvalue weighted by molar-refractivity contribution is 0.401. The van der Waals surface area contributed by atoms with Crippen molar-refractivity contribution in [1.82, 2.24) is 5.32 Å². The van der Waals surface area contributed by atoms with Gasteiger partial charge in [0.15, 0.2) is 0 Å². The van der Waals surface area contributed by atoms with E-state index in [4.69, 9.17) is 10.00 Å². The van der Waals surface area contributed by atoms with E-state index >= 15 is 0 Å². The molecule has 0 aliphatic rings. The fourth-order valence-corrected chi connectivity index (χ4v) is 2.20. The summed E-state index contributed by atoms with van der Waals surface area (Å²) in [5.41, 5.74) is 1.56. The Labute approximate surface area is 124 Å². The highest BCUT2D eigenvalue weighted by Gasteiger charge is 2.12. The molecule has 21 heavy (non-hydrogen) atoms. The minimum Gasteiger partial charge on any atom is -0.496 e. The average Bonchev–Trinajstić information content (AvgIpc) is 2.53. The Balaban J connectivity index is 2.11. The van der Waals surface area contributed by atoms with Crippen LogP contribution in [0.25, 0.3) is 0 Å². The van der Waals surface area contributed by atoms with Gasteiger partial charge in [-0.1, -0.05) is 30.3 Å². The summed E-state index contributed by atoms with van der Waals surface area (Å²) in [4.78, 5) is 0. The van der Waals surface area contributed by atoms with Crippen LogP contribution in [0.5, 0.6) is 5.75 Å². The first-order valence-corrected chi connectivity index (χ1v) is 6.71. The van der Waals surface area contributed by atoms with E-state index in [1.807, 2.05) is 37.3 Å². The molecule has 0 saturated heterocycles. The monoisotopic (exact) mass is 284 g/mol. The summed E-state index contributed by atoms with van der Waals surface area (Å²) >= 11 is 0. The van der Waals surface area contributed by atoms with Crippen LogP contribution in [0.1, 0.15) is 29.7 Å². The molecular weight excluding hydrogens is 267 g/mol. The molecule has 4 heteroatoms. The second-order valence-electron chi connectivity index (χ2n) is 4.74. The van der Waals surface area contributed by atoms with Gasteiger partial charge in [-0.05, 0) is 19.1 Å². The molecule has 0 aromatic heterocycles. The van der Waals surface area contributed by atoms with Crippen molar-refractivity contribution < 1.29 is 9.13 Å². The van der Waals surface area contributed by atoms with Crippen molar-refractivity contribution in [3.63, 3.8) is 0 Å². The third-order valence-electron chi connectivity index (χ3n) is 3.40. The van der Waals surface area contributed by atoms with E-state index in [2.05, 4.69) is 5.32 Å². The van der Waals surface area contributed by atoms with E-state index in [1.54, 1.807) is 19.2 Å². The van der Waals surface area contributed by atoms with Crippen molar-refractivity contribution >= 4 is 0 Å². The molecule has 1 atom stereocenters. The fraction of sp³-hybridized carbons (Fsp3) is 0.235. The molecule has 0 bridgehead atoms. The van der Waals surface area contributed by atoms with Crippen molar-refractivity contribution in [2.75, 3.05) is 7.11 Å². The van der Waals surface area contributed by atoms with Crippen molar-refractivity contribution in [2.24, 2.45) is 0 Å². The van der Waals surface area contributed by atoms with Gasteiger partial charge in [0.1, 0.15) is 17.6 Å². The predicted molar refractivity (Wildman–Crippen MR) is 79.4 cm³/mol. The molecule has 0 saturated carbocycles. The van der Waals surface area contributed by atoms with E-state index in [0.717, 1.165) is 11.3 Å². The zero-order valence-corrected chi connectivity index (χ0v) is 12.1. The predicted octanol–water partition coefficient (Wildman–Crippen LogP) is 3.56. The van der Waals surface area contributed by atoms with E-state index in [9.17, 15) is 4.39 Å². The highest BCUT2D eigenvalue weighted by molar-refractivity contribution is 5.37. The number of ether oxygens (including phenoxy) is 1. The molecule has 1 N–H and O–H groups in total. The van der Waals surface area contributed by atoms with Crippen LogP contribution in [0.3, 0.4) is 0 Å². The topological polar surface area (TPSA) is 45.0 Å². The lowest BCUT2D eigenvalue weighted by Crippen LogP contribution is -2.19. The highest BCUT2D eigenvalue weighted by atomic mass is 19.1. The van der Waals surface area contributed by atoms with E-state index in [0.29, 0.717) is 12.1 Å². The fourth-order valence-electron chi connectivity index (χ4n) is 2.20. The molecule has 0 unspecified atom stereocenters. The molecule has 2 rings (SSSR count). The van der Waals surface area contributed by atoms with Crippen LogP contribution in [-0.4, -0.2) is 7.11 Å². The summed E-state index contributed by atoms with van der Waals surface area (Å²) in [6.07, 6.45) is 0. The molecule has 0 aliphatic heterocycles. The molecule has 0 fully saturated rings. The largest absolute Gasteiger partial charge is 0.496 e. The van der Waals surface area contributed by atoms with Gasteiger partial charge >= 0.3 is 0 Å². The van der Waals surface area contributed by atoms with Gasteiger partial charge in [-0.2, -0.15) is 5.26 Å². The van der Waals surface area contributed by atoms with Crippen molar-refractivity contribution in [2.45, 2.75) is 19.5 Å². The number of methoxy groups -OCH3 is 1. The lowest BCUT2D eigenvalue weighted by Gasteiger charge is -2.17. The van der Waals surface area contributed by atoms with Gasteiger partial charge in [0.05, 0.1) is 12.7 Å². The minimum absolute atomic E-state index is 0.00583. The Morgan fingerprint density at radius 2 is 2.00 bits per heavy atom. The Bertz CT molecular complexity index is 664. The van der Waals surface area contributed by atoms with Crippen molar-refractivity contribution in [3.8, 4) is 11.8 Å². The smallest absolute Gasteiger partial charge is 0.145 e. The molecule has 0 radical (unpaired) electrons. The molecule has 0 amide bonds. The molecule has 0 spiro atoms. The first-order valence-electron chi connectivity index (χ1n) is 6.71. The second kappa shape index (κ2) is 6.87. The third-order valence-corrected chi connectivity index (χ3v) is 3.40. The first-order chi connectivity index (χ1) is 10.2. The van der Waals surface area contributed by atoms with Crippen molar-refractivity contribution in [1.29, 1.82) is 5.26 Å². The third kappa shape index (κ3) is 3.39. The Kier molecular flexibility index (Phi) is 4.91. The SMILES string of the molecule is COc1ccccc1[C@@H](C)NCc1cccc(C#N)c1F. The number of halogens is 1. The van der Waals surface area contributed by atoms with Gasteiger partial charge in [-0.3, -0.25) is 0 Å². The maximum absolute atomic E-state index is 14.0. The molecule has 2 aromatic rings. The molecular formula is C17H17FN2O. The zero-order valence-electron chi connectivity index (χ0n) is 12.1. The Hall–Kier alpha value is -2.38. The quantitative estimate of drug-likeness (QED) is 0.913. The van der Waals surface area contributed by atoms with E-state index in [1.165, 1.54) is 6.07 Å². The van der Waals surface area contributed by atoms with Crippen LogP contribution >= 0.6 is 0 Å². The molecule has 0 aliphatic carbocycles. The number of para-hydroxylation sites is 1. The first kappa shape index (κ1) is 15.0. The Morgan fingerprint density at radius 1 is 1.24 bits per heavy atom. The van der Waals surface area contributed by atoms with Gasteiger partial charge in [-0.25, -0.2) is 4.39 Å². The lowest BCUT2D eigenvalue weighted by atomic mass is 10.1. The second-order valence-corrected chi connectivity index (χ2v) is 4.74. The van der Waals surface area contributed by atoms with Crippen LogP contribution in [-0.2, 0) is 6.54 Å². The van der Waals surface area contributed by atoms with Crippen LogP contribution in [0, 0.1) is 17.1 Å². The van der Waals surface area contributed by atoms with Crippen LogP contribution in [0.4, 0.5) is 4.39 Å². The number of rotatable bonds is 5. The number of hydrogen-bond acceptors (Lipinski definition) is 3. The van der Waals surface area contributed by atoms with Gasteiger partial charge in [0.25, 0.3) is 0 Å². The number of hydrogen-bond donors (Lipinski definition) is 1. The summed E-state index contributed by atoms with van der Waals surface area (Å²) in [7, 11) is 1.63. The molecule has 108 valence electrons. The van der Waals surface area contributed by atoms with Gasteiger partial charge in [0, 0.05) is 23.7 Å². The number of nitrogens with one attached hydrogen (secondary N) is 1. The number of nitrogens with zero attached hydrogens (tertiary/aromatic N) is 1. The highest BCUT2D eigenvalue weighted by Crippen LogP contribution is 2.24. The molecule has 3 nitrogen and oxygen atoms in total. The Morgan fingerprint density at radius 3 is 2.71 bits per heavy atom. The van der Waals surface area contributed by atoms with E-state index < -0.39 is 5.82 Å². The maximum atomic E-state index is 14.0. The van der Waals surface area contributed by atoms with Crippen LogP contribution in [0.2, 0.25) is 0 Å².